The van der Waals surface area contributed by atoms with Crippen LogP contribution in [0.2, 0.25) is 0 Å². The van der Waals surface area contributed by atoms with Crippen molar-refractivity contribution in [3.05, 3.63) is 0 Å². The predicted molar refractivity (Wildman–Crippen MR) is 41.7 cm³/mol. The second-order valence-electron chi connectivity index (χ2n) is 2.41. The highest BCUT2D eigenvalue weighted by Crippen LogP contribution is 2.20. The molecule has 0 saturated carbocycles. The van der Waals surface area contributed by atoms with E-state index in [4.69, 9.17) is 0 Å². The maximum absolute atomic E-state index is 9.29. The molecule has 1 rings (SSSR count). The molecule has 0 bridgehead atoms. The average molecular weight is 163 g/mol. The molecular formula is C6H13NO2S. The smallest absolute Gasteiger partial charge is 0.234 e. The van der Waals surface area contributed by atoms with Crippen molar-refractivity contribution in [1.82, 2.24) is 4.90 Å². The first-order chi connectivity index (χ1) is 4.67. The number of rotatable bonds is 1. The molecule has 2 N–H and O–H groups in total. The summed E-state index contributed by atoms with van der Waals surface area (Å²) < 4.78 is 0. The van der Waals surface area contributed by atoms with Crippen molar-refractivity contribution < 1.29 is 10.2 Å². The van der Waals surface area contributed by atoms with Gasteiger partial charge in [-0.05, 0) is 0 Å². The number of hydrogen-bond donors (Lipinski definition) is 2. The zero-order valence-corrected chi connectivity index (χ0v) is 6.89. The minimum atomic E-state index is -1.56. The van der Waals surface area contributed by atoms with Crippen molar-refractivity contribution in [3.63, 3.8) is 0 Å². The summed E-state index contributed by atoms with van der Waals surface area (Å²) in [7, 11) is 0. The highest BCUT2D eigenvalue weighted by molar-refractivity contribution is 7.99. The highest BCUT2D eigenvalue weighted by atomic mass is 32.2. The summed E-state index contributed by atoms with van der Waals surface area (Å²) >= 11 is 1.58. The first-order valence-electron chi connectivity index (χ1n) is 3.44. The lowest BCUT2D eigenvalue weighted by Gasteiger charge is -2.37. The summed E-state index contributed by atoms with van der Waals surface area (Å²) in [5, 5.41) is 18.6. The molecule has 1 saturated heterocycles. The molecule has 1 aliphatic heterocycles. The zero-order chi connectivity index (χ0) is 7.61. The summed E-state index contributed by atoms with van der Waals surface area (Å²) in [5.41, 5.74) is 0. The zero-order valence-electron chi connectivity index (χ0n) is 6.08. The van der Waals surface area contributed by atoms with Crippen LogP contribution >= 0.6 is 11.8 Å². The molecule has 0 amide bonds. The Morgan fingerprint density at radius 2 is 2.30 bits per heavy atom. The summed E-state index contributed by atoms with van der Waals surface area (Å²) in [4.78, 5) is 1.67. The molecule has 4 heteroatoms. The van der Waals surface area contributed by atoms with Crippen LogP contribution in [-0.2, 0) is 0 Å². The molecule has 0 aliphatic carbocycles. The first-order valence-corrected chi connectivity index (χ1v) is 4.60. The number of hydrogen-bond acceptors (Lipinski definition) is 4. The second kappa shape index (κ2) is 3.09. The van der Waals surface area contributed by atoms with Gasteiger partial charge in [-0.25, -0.2) is 0 Å². The minimum absolute atomic E-state index is 0.404. The number of thioether (sulfide) groups is 1. The minimum Gasteiger partial charge on any atom is -0.353 e. The van der Waals surface area contributed by atoms with Crippen LogP contribution in [0.4, 0.5) is 0 Å². The van der Waals surface area contributed by atoms with Crippen molar-refractivity contribution in [3.8, 4) is 0 Å². The Morgan fingerprint density at radius 3 is 2.70 bits per heavy atom. The van der Waals surface area contributed by atoms with E-state index in [1.54, 1.807) is 16.7 Å². The fraction of sp³-hybridized carbons (Fsp3) is 1.00. The van der Waals surface area contributed by atoms with E-state index in [-0.39, 0.29) is 0 Å². The summed E-state index contributed by atoms with van der Waals surface area (Å²) in [6.45, 7) is 3.40. The van der Waals surface area contributed by atoms with Gasteiger partial charge in [-0.2, -0.15) is 11.8 Å². The quantitative estimate of drug-likeness (QED) is 0.521. The second-order valence-corrected chi connectivity index (χ2v) is 3.51. The lowest BCUT2D eigenvalue weighted by molar-refractivity contribution is -0.245. The summed E-state index contributed by atoms with van der Waals surface area (Å²) in [6, 6.07) is 0. The molecule has 0 spiro atoms. The Kier molecular flexibility index (Phi) is 2.57. The molecule has 0 radical (unpaired) electrons. The third-order valence-corrected chi connectivity index (χ3v) is 2.75. The largest absolute Gasteiger partial charge is 0.353 e. The van der Waals surface area contributed by atoms with E-state index in [9.17, 15) is 10.2 Å². The van der Waals surface area contributed by atoms with Crippen LogP contribution in [0.3, 0.4) is 0 Å². The molecule has 60 valence electrons. The van der Waals surface area contributed by atoms with E-state index in [0.29, 0.717) is 12.3 Å². The number of aliphatic hydroxyl groups is 2. The fourth-order valence-electron chi connectivity index (χ4n) is 1.07. The number of nitrogens with zero attached hydrogens (tertiary/aromatic N) is 1. The van der Waals surface area contributed by atoms with E-state index in [1.165, 1.54) is 0 Å². The highest BCUT2D eigenvalue weighted by Gasteiger charge is 2.33. The van der Waals surface area contributed by atoms with Crippen LogP contribution in [0.25, 0.3) is 0 Å². The van der Waals surface area contributed by atoms with Gasteiger partial charge in [-0.3, -0.25) is 4.90 Å². The lowest BCUT2D eigenvalue weighted by Crippen LogP contribution is -2.54. The maximum Gasteiger partial charge on any atom is 0.234 e. The monoisotopic (exact) mass is 163 g/mol. The molecule has 10 heavy (non-hydrogen) atoms. The maximum atomic E-state index is 9.29. The van der Waals surface area contributed by atoms with Crippen molar-refractivity contribution in [2.45, 2.75) is 12.8 Å². The van der Waals surface area contributed by atoms with Crippen LogP contribution < -0.4 is 0 Å². The van der Waals surface area contributed by atoms with Gasteiger partial charge in [0.05, 0.1) is 5.75 Å². The fourth-order valence-corrected chi connectivity index (χ4v) is 2.02. The standard InChI is InChI=1S/C6H13NO2S/c1-2-7-3-4-10-5-6(7,8)9/h8-9H,2-5H2,1H3. The van der Waals surface area contributed by atoms with Crippen molar-refractivity contribution in [2.75, 3.05) is 24.6 Å². The van der Waals surface area contributed by atoms with Gasteiger partial charge in [0.15, 0.2) is 0 Å². The Balaban J connectivity index is 2.51. The molecule has 0 unspecified atom stereocenters. The van der Waals surface area contributed by atoms with E-state index in [1.807, 2.05) is 6.92 Å². The van der Waals surface area contributed by atoms with Gasteiger partial charge < -0.3 is 10.2 Å². The lowest BCUT2D eigenvalue weighted by atomic mass is 10.4. The Hall–Kier alpha value is 0.230. The van der Waals surface area contributed by atoms with Gasteiger partial charge in [0.25, 0.3) is 0 Å². The molecule has 1 heterocycles. The third kappa shape index (κ3) is 1.63. The van der Waals surface area contributed by atoms with E-state index in [2.05, 4.69) is 0 Å². The van der Waals surface area contributed by atoms with Gasteiger partial charge in [-0.1, -0.05) is 6.92 Å². The summed E-state index contributed by atoms with van der Waals surface area (Å²) in [6.07, 6.45) is 0. The SMILES string of the molecule is CCN1CCSCC1(O)O. The van der Waals surface area contributed by atoms with Gasteiger partial charge in [0.2, 0.25) is 5.91 Å². The van der Waals surface area contributed by atoms with Crippen LogP contribution in [-0.4, -0.2) is 45.6 Å². The molecule has 0 atom stereocenters. The Bertz CT molecular complexity index is 118. The first kappa shape index (κ1) is 8.33. The molecule has 3 nitrogen and oxygen atoms in total. The van der Waals surface area contributed by atoms with Gasteiger partial charge >= 0.3 is 0 Å². The van der Waals surface area contributed by atoms with Crippen LogP contribution in [0.1, 0.15) is 6.92 Å². The van der Waals surface area contributed by atoms with E-state index >= 15 is 0 Å². The Labute approximate surface area is 65.0 Å². The summed E-state index contributed by atoms with van der Waals surface area (Å²) in [5.74, 6) is -0.158. The van der Waals surface area contributed by atoms with Crippen LogP contribution in [0, 0.1) is 0 Å². The average Bonchev–Trinajstić information content (AvgIpc) is 1.87. The molecule has 1 fully saturated rings. The van der Waals surface area contributed by atoms with Crippen molar-refractivity contribution in [1.29, 1.82) is 0 Å². The molecular weight excluding hydrogens is 150 g/mol. The van der Waals surface area contributed by atoms with Crippen LogP contribution in [0.15, 0.2) is 0 Å². The molecule has 1 aliphatic rings. The van der Waals surface area contributed by atoms with Crippen LogP contribution in [0.5, 0.6) is 0 Å². The normalized spacial score (nSPS) is 26.7. The van der Waals surface area contributed by atoms with Crippen molar-refractivity contribution >= 4 is 11.8 Å². The predicted octanol–water partition coefficient (Wildman–Crippen LogP) is -0.307. The van der Waals surface area contributed by atoms with Gasteiger partial charge in [0.1, 0.15) is 0 Å². The van der Waals surface area contributed by atoms with E-state index in [0.717, 1.165) is 12.3 Å². The van der Waals surface area contributed by atoms with Crippen molar-refractivity contribution in [2.24, 2.45) is 0 Å². The molecule has 0 aromatic carbocycles. The van der Waals surface area contributed by atoms with Gasteiger partial charge in [0, 0.05) is 18.8 Å². The topological polar surface area (TPSA) is 43.7 Å². The third-order valence-electron chi connectivity index (χ3n) is 1.69. The van der Waals surface area contributed by atoms with Gasteiger partial charge in [-0.15, -0.1) is 0 Å². The molecule has 0 aromatic heterocycles. The Morgan fingerprint density at radius 1 is 1.60 bits per heavy atom. The molecule has 0 aromatic rings. The van der Waals surface area contributed by atoms with E-state index < -0.39 is 5.91 Å².